The number of anilines is 2. The third-order valence-corrected chi connectivity index (χ3v) is 7.23. The number of halogens is 1. The van der Waals surface area contributed by atoms with Crippen LogP contribution < -0.4 is 9.80 Å². The summed E-state index contributed by atoms with van der Waals surface area (Å²) in [7, 11) is 0. The van der Waals surface area contributed by atoms with E-state index >= 15 is 0 Å². The summed E-state index contributed by atoms with van der Waals surface area (Å²) in [4.78, 5) is 19.8. The van der Waals surface area contributed by atoms with Gasteiger partial charge in [-0.3, -0.25) is 4.79 Å². The number of carbonyl (C=O) groups is 1. The van der Waals surface area contributed by atoms with E-state index < -0.39 is 0 Å². The average molecular weight is 476 g/mol. The van der Waals surface area contributed by atoms with Gasteiger partial charge in [-0.25, -0.2) is 0 Å². The lowest BCUT2D eigenvalue weighted by Crippen LogP contribution is -2.52. The van der Waals surface area contributed by atoms with Gasteiger partial charge in [0.15, 0.2) is 5.82 Å². The normalized spacial score (nSPS) is 17.2. The Labute approximate surface area is 206 Å². The molecule has 0 bridgehead atoms. The van der Waals surface area contributed by atoms with Crippen LogP contribution in [0.5, 0.6) is 0 Å². The molecule has 0 radical (unpaired) electrons. The number of piperidine rings is 1. The Morgan fingerprint density at radius 2 is 1.59 bits per heavy atom. The van der Waals surface area contributed by atoms with Crippen LogP contribution >= 0.6 is 11.6 Å². The monoisotopic (exact) mass is 475 g/mol. The Morgan fingerprint density at radius 1 is 0.853 bits per heavy atom. The van der Waals surface area contributed by atoms with Crippen molar-refractivity contribution < 1.29 is 4.79 Å². The first-order valence-electron chi connectivity index (χ1n) is 12.0. The molecule has 2 aromatic carbocycles. The standard InChI is InChI=1S/C27H30ClN5O/c1-20-7-8-23(28)19-25(20)31-15-17-33(18-16-31)27(34)22-11-13-32(14-12-22)26-10-9-24(29-30-26)21-5-3-2-4-6-21/h2-10,19,22H,11-18H2,1H3. The van der Waals surface area contributed by atoms with E-state index in [1.54, 1.807) is 0 Å². The molecule has 176 valence electrons. The fourth-order valence-electron chi connectivity index (χ4n) is 4.96. The van der Waals surface area contributed by atoms with Gasteiger partial charge < -0.3 is 14.7 Å². The quantitative estimate of drug-likeness (QED) is 0.548. The van der Waals surface area contributed by atoms with Crippen LogP contribution in [0.25, 0.3) is 11.3 Å². The predicted octanol–water partition coefficient (Wildman–Crippen LogP) is 4.67. The molecule has 1 aromatic heterocycles. The third kappa shape index (κ3) is 4.87. The zero-order valence-corrected chi connectivity index (χ0v) is 20.3. The van der Waals surface area contributed by atoms with Crippen molar-refractivity contribution in [2.75, 3.05) is 49.1 Å². The van der Waals surface area contributed by atoms with Crippen LogP contribution in [0.1, 0.15) is 18.4 Å². The van der Waals surface area contributed by atoms with Crippen LogP contribution in [-0.2, 0) is 4.79 Å². The average Bonchev–Trinajstić information content (AvgIpc) is 2.90. The van der Waals surface area contributed by atoms with Crippen molar-refractivity contribution in [1.29, 1.82) is 0 Å². The maximum absolute atomic E-state index is 13.2. The minimum atomic E-state index is 0.0901. The highest BCUT2D eigenvalue weighted by Gasteiger charge is 2.31. The zero-order valence-electron chi connectivity index (χ0n) is 19.5. The molecule has 3 aromatic rings. The Bertz CT molecular complexity index is 1120. The first-order chi connectivity index (χ1) is 16.6. The summed E-state index contributed by atoms with van der Waals surface area (Å²) in [5.74, 6) is 1.27. The van der Waals surface area contributed by atoms with Crippen molar-refractivity contribution >= 4 is 29.0 Å². The van der Waals surface area contributed by atoms with E-state index in [1.807, 2.05) is 59.5 Å². The van der Waals surface area contributed by atoms with E-state index in [1.165, 1.54) is 11.3 Å². The third-order valence-electron chi connectivity index (χ3n) is 6.99. The van der Waals surface area contributed by atoms with E-state index in [0.717, 1.165) is 74.2 Å². The SMILES string of the molecule is Cc1ccc(Cl)cc1N1CCN(C(=O)C2CCN(c3ccc(-c4ccccc4)nn3)CC2)CC1. The topological polar surface area (TPSA) is 52.6 Å². The summed E-state index contributed by atoms with van der Waals surface area (Å²) < 4.78 is 0. The Kier molecular flexibility index (Phi) is 6.68. The molecular weight excluding hydrogens is 446 g/mol. The van der Waals surface area contributed by atoms with Gasteiger partial charge in [-0.1, -0.05) is 48.0 Å². The fourth-order valence-corrected chi connectivity index (χ4v) is 5.13. The Hall–Kier alpha value is -3.12. The van der Waals surface area contributed by atoms with Gasteiger partial charge in [0.1, 0.15) is 0 Å². The van der Waals surface area contributed by atoms with Gasteiger partial charge in [-0.15, -0.1) is 10.2 Å². The van der Waals surface area contributed by atoms with Gasteiger partial charge in [-0.2, -0.15) is 0 Å². The van der Waals surface area contributed by atoms with Crippen molar-refractivity contribution in [2.24, 2.45) is 5.92 Å². The molecule has 5 rings (SSSR count). The second-order valence-electron chi connectivity index (χ2n) is 9.15. The molecular formula is C27H30ClN5O. The summed E-state index contributed by atoms with van der Waals surface area (Å²) in [6.45, 7) is 6.98. The van der Waals surface area contributed by atoms with Crippen LogP contribution in [0.3, 0.4) is 0 Å². The minimum Gasteiger partial charge on any atom is -0.368 e. The molecule has 34 heavy (non-hydrogen) atoms. The lowest BCUT2D eigenvalue weighted by Gasteiger charge is -2.40. The van der Waals surface area contributed by atoms with Crippen LogP contribution in [0, 0.1) is 12.8 Å². The van der Waals surface area contributed by atoms with Crippen LogP contribution in [0.4, 0.5) is 11.5 Å². The lowest BCUT2D eigenvalue weighted by molar-refractivity contribution is -0.136. The minimum absolute atomic E-state index is 0.0901. The molecule has 3 heterocycles. The Balaban J connectivity index is 1.13. The number of aromatic nitrogens is 2. The van der Waals surface area contributed by atoms with Crippen molar-refractivity contribution in [3.63, 3.8) is 0 Å². The first kappa shape index (κ1) is 22.7. The van der Waals surface area contributed by atoms with Gasteiger partial charge in [-0.05, 0) is 49.6 Å². The predicted molar refractivity (Wildman–Crippen MR) is 137 cm³/mol. The van der Waals surface area contributed by atoms with Crippen molar-refractivity contribution in [1.82, 2.24) is 15.1 Å². The molecule has 0 atom stereocenters. The van der Waals surface area contributed by atoms with E-state index in [9.17, 15) is 4.79 Å². The van der Waals surface area contributed by atoms with Gasteiger partial charge >= 0.3 is 0 Å². The molecule has 0 spiro atoms. The van der Waals surface area contributed by atoms with Gasteiger partial charge in [0.25, 0.3) is 0 Å². The maximum atomic E-state index is 13.2. The zero-order chi connectivity index (χ0) is 23.5. The molecule has 0 unspecified atom stereocenters. The maximum Gasteiger partial charge on any atom is 0.225 e. The van der Waals surface area contributed by atoms with E-state index in [0.29, 0.717) is 5.91 Å². The molecule has 2 aliphatic heterocycles. The number of hydrogen-bond acceptors (Lipinski definition) is 5. The molecule has 0 N–H and O–H groups in total. The molecule has 2 saturated heterocycles. The van der Waals surface area contributed by atoms with Crippen LogP contribution in [0.2, 0.25) is 5.02 Å². The van der Waals surface area contributed by atoms with Gasteiger partial charge in [0, 0.05) is 61.5 Å². The van der Waals surface area contributed by atoms with Crippen molar-refractivity contribution in [3.05, 3.63) is 71.2 Å². The molecule has 7 heteroatoms. The Morgan fingerprint density at radius 3 is 2.26 bits per heavy atom. The van der Waals surface area contributed by atoms with E-state index in [4.69, 9.17) is 11.6 Å². The highest BCUT2D eigenvalue weighted by Crippen LogP contribution is 2.28. The summed E-state index contributed by atoms with van der Waals surface area (Å²) in [5.41, 5.74) is 4.33. The van der Waals surface area contributed by atoms with Gasteiger partial charge in [0.2, 0.25) is 5.91 Å². The fraction of sp³-hybridized carbons (Fsp3) is 0.370. The molecule has 6 nitrogen and oxygen atoms in total. The van der Waals surface area contributed by atoms with Crippen molar-refractivity contribution in [2.45, 2.75) is 19.8 Å². The number of carbonyl (C=O) groups excluding carboxylic acids is 1. The van der Waals surface area contributed by atoms with Crippen molar-refractivity contribution in [3.8, 4) is 11.3 Å². The molecule has 0 aliphatic carbocycles. The lowest BCUT2D eigenvalue weighted by atomic mass is 9.95. The number of nitrogens with zero attached hydrogens (tertiary/aromatic N) is 5. The molecule has 2 fully saturated rings. The number of aryl methyl sites for hydroxylation is 1. The van der Waals surface area contributed by atoms with Crippen LogP contribution in [-0.4, -0.2) is 60.3 Å². The second kappa shape index (κ2) is 10.0. The number of amides is 1. The number of rotatable bonds is 4. The summed E-state index contributed by atoms with van der Waals surface area (Å²) >= 11 is 6.20. The highest BCUT2D eigenvalue weighted by atomic mass is 35.5. The van der Waals surface area contributed by atoms with E-state index in [-0.39, 0.29) is 5.92 Å². The highest BCUT2D eigenvalue weighted by molar-refractivity contribution is 6.30. The first-order valence-corrected chi connectivity index (χ1v) is 12.4. The van der Waals surface area contributed by atoms with Gasteiger partial charge in [0.05, 0.1) is 5.69 Å². The number of hydrogen-bond donors (Lipinski definition) is 0. The van der Waals surface area contributed by atoms with E-state index in [2.05, 4.69) is 33.0 Å². The summed E-state index contributed by atoms with van der Waals surface area (Å²) in [5, 5.41) is 9.62. The number of piperazine rings is 1. The summed E-state index contributed by atoms with van der Waals surface area (Å²) in [6.07, 6.45) is 1.71. The smallest absolute Gasteiger partial charge is 0.225 e. The summed E-state index contributed by atoms with van der Waals surface area (Å²) in [6, 6.07) is 20.2. The second-order valence-corrected chi connectivity index (χ2v) is 9.58. The largest absolute Gasteiger partial charge is 0.368 e. The van der Waals surface area contributed by atoms with Crippen LogP contribution in [0.15, 0.2) is 60.7 Å². The molecule has 1 amide bonds. The molecule has 0 saturated carbocycles. The number of benzene rings is 2. The molecule has 2 aliphatic rings.